The minimum absolute atomic E-state index is 0.226. The Labute approximate surface area is 180 Å². The fraction of sp³-hybridized carbons (Fsp3) is 0.350. The Morgan fingerprint density at radius 2 is 2.00 bits per heavy atom. The van der Waals surface area contributed by atoms with Crippen molar-refractivity contribution in [2.24, 2.45) is 0 Å². The fourth-order valence-corrected chi connectivity index (χ4v) is 5.70. The predicted molar refractivity (Wildman–Crippen MR) is 118 cm³/mol. The summed E-state index contributed by atoms with van der Waals surface area (Å²) in [6.07, 6.45) is 2.16. The Kier molecular flexibility index (Phi) is 5.91. The van der Waals surface area contributed by atoms with Gasteiger partial charge >= 0.3 is 5.00 Å². The second-order valence-electron chi connectivity index (χ2n) is 7.06. The number of nitrogens with zero attached hydrogens (tertiary/aromatic N) is 3. The zero-order chi connectivity index (χ0) is 19.7. The zero-order valence-electron chi connectivity index (χ0n) is 15.4. The highest BCUT2D eigenvalue weighted by Crippen LogP contribution is 2.36. The van der Waals surface area contributed by atoms with Crippen molar-refractivity contribution in [1.82, 2.24) is 9.88 Å². The summed E-state index contributed by atoms with van der Waals surface area (Å²) in [5.74, 6) is 0.501. The van der Waals surface area contributed by atoms with Crippen molar-refractivity contribution in [3.05, 3.63) is 65.7 Å². The number of rotatable bonds is 5. The minimum atomic E-state index is -0.311. The minimum Gasteiger partial charge on any atom is -0.299 e. The molecule has 4 rings (SSSR count). The van der Waals surface area contributed by atoms with Gasteiger partial charge in [-0.05, 0) is 50.6 Å². The number of hydrogen-bond donors (Lipinski definition) is 0. The number of piperidine rings is 1. The SMILES string of the molecule is Cc1sc(C2CCN(Cc3csc([N+](=O)[O-])c3)CC2)nc1-c1ccc(Br)cc1. The van der Waals surface area contributed by atoms with Crippen LogP contribution in [0.1, 0.15) is 34.2 Å². The molecule has 8 heteroatoms. The summed E-state index contributed by atoms with van der Waals surface area (Å²) < 4.78 is 1.08. The summed E-state index contributed by atoms with van der Waals surface area (Å²) >= 11 is 6.51. The van der Waals surface area contributed by atoms with Crippen LogP contribution in [-0.2, 0) is 6.54 Å². The van der Waals surface area contributed by atoms with Gasteiger partial charge in [-0.15, -0.1) is 11.3 Å². The lowest BCUT2D eigenvalue weighted by Crippen LogP contribution is -2.32. The van der Waals surface area contributed by atoms with Crippen LogP contribution in [0, 0.1) is 17.0 Å². The van der Waals surface area contributed by atoms with Crippen molar-refractivity contribution in [2.75, 3.05) is 13.1 Å². The number of halogens is 1. The molecule has 1 aromatic carbocycles. The number of hydrogen-bond acceptors (Lipinski definition) is 6. The van der Waals surface area contributed by atoms with E-state index in [0.717, 1.165) is 48.2 Å². The van der Waals surface area contributed by atoms with E-state index in [4.69, 9.17) is 4.98 Å². The summed E-state index contributed by atoms with van der Waals surface area (Å²) in [6.45, 7) is 4.94. The Morgan fingerprint density at radius 1 is 1.29 bits per heavy atom. The molecule has 3 heterocycles. The van der Waals surface area contributed by atoms with Gasteiger partial charge < -0.3 is 0 Å². The highest BCUT2D eigenvalue weighted by Gasteiger charge is 2.25. The number of aryl methyl sites for hydroxylation is 1. The number of nitro groups is 1. The van der Waals surface area contributed by atoms with E-state index in [1.807, 2.05) is 16.7 Å². The highest BCUT2D eigenvalue weighted by molar-refractivity contribution is 9.10. The van der Waals surface area contributed by atoms with Gasteiger partial charge in [0.05, 0.1) is 15.6 Å². The number of likely N-dealkylation sites (tertiary alicyclic amines) is 1. The summed E-state index contributed by atoms with van der Waals surface area (Å²) in [7, 11) is 0. The molecule has 0 aliphatic carbocycles. The van der Waals surface area contributed by atoms with Crippen LogP contribution in [0.5, 0.6) is 0 Å². The molecule has 0 bridgehead atoms. The molecule has 0 unspecified atom stereocenters. The van der Waals surface area contributed by atoms with E-state index < -0.39 is 0 Å². The van der Waals surface area contributed by atoms with E-state index in [-0.39, 0.29) is 9.92 Å². The topological polar surface area (TPSA) is 59.3 Å². The second kappa shape index (κ2) is 8.41. The quantitative estimate of drug-likeness (QED) is 0.322. The molecule has 0 atom stereocenters. The van der Waals surface area contributed by atoms with Crippen LogP contribution in [0.3, 0.4) is 0 Å². The molecule has 0 N–H and O–H groups in total. The van der Waals surface area contributed by atoms with Gasteiger partial charge in [-0.2, -0.15) is 0 Å². The van der Waals surface area contributed by atoms with E-state index in [1.165, 1.54) is 26.8 Å². The molecule has 1 aliphatic rings. The second-order valence-corrected chi connectivity index (χ2v) is 10.1. The third kappa shape index (κ3) is 4.35. The molecule has 1 aliphatic heterocycles. The van der Waals surface area contributed by atoms with E-state index in [1.54, 1.807) is 6.07 Å². The van der Waals surface area contributed by atoms with Crippen LogP contribution in [-0.4, -0.2) is 27.9 Å². The first-order valence-corrected chi connectivity index (χ1v) is 11.7. The van der Waals surface area contributed by atoms with Crippen molar-refractivity contribution in [1.29, 1.82) is 0 Å². The smallest absolute Gasteiger partial charge is 0.299 e. The largest absolute Gasteiger partial charge is 0.324 e. The van der Waals surface area contributed by atoms with Crippen molar-refractivity contribution < 1.29 is 4.92 Å². The van der Waals surface area contributed by atoms with E-state index >= 15 is 0 Å². The van der Waals surface area contributed by atoms with Gasteiger partial charge in [-0.25, -0.2) is 4.98 Å². The zero-order valence-corrected chi connectivity index (χ0v) is 18.6. The van der Waals surface area contributed by atoms with Crippen molar-refractivity contribution in [3.8, 4) is 11.3 Å². The maximum atomic E-state index is 10.8. The molecule has 3 aromatic rings. The van der Waals surface area contributed by atoms with Gasteiger partial charge in [0.15, 0.2) is 0 Å². The van der Waals surface area contributed by atoms with Crippen LogP contribution in [0.4, 0.5) is 5.00 Å². The first-order chi connectivity index (χ1) is 13.5. The summed E-state index contributed by atoms with van der Waals surface area (Å²) in [5, 5.41) is 14.2. The van der Waals surface area contributed by atoms with Gasteiger partial charge in [0, 0.05) is 38.8 Å². The molecule has 2 aromatic heterocycles. The molecule has 0 spiro atoms. The van der Waals surface area contributed by atoms with Crippen molar-refractivity contribution in [3.63, 3.8) is 0 Å². The number of thiophene rings is 1. The lowest BCUT2D eigenvalue weighted by atomic mass is 9.97. The normalized spacial score (nSPS) is 15.8. The summed E-state index contributed by atoms with van der Waals surface area (Å²) in [6, 6.07) is 10.0. The maximum absolute atomic E-state index is 10.8. The molecule has 0 amide bonds. The van der Waals surface area contributed by atoms with Gasteiger partial charge in [0.2, 0.25) is 0 Å². The van der Waals surface area contributed by atoms with E-state index in [0.29, 0.717) is 5.92 Å². The van der Waals surface area contributed by atoms with Crippen LogP contribution in [0.15, 0.2) is 40.2 Å². The monoisotopic (exact) mass is 477 g/mol. The first kappa shape index (κ1) is 19.7. The lowest BCUT2D eigenvalue weighted by molar-refractivity contribution is -0.380. The maximum Gasteiger partial charge on any atom is 0.324 e. The summed E-state index contributed by atoms with van der Waals surface area (Å²) in [4.78, 5) is 19.2. The molecule has 5 nitrogen and oxygen atoms in total. The predicted octanol–water partition coefficient (Wildman–Crippen LogP) is 6.23. The number of aromatic nitrogens is 1. The molecular formula is C20H20BrN3O2S2. The van der Waals surface area contributed by atoms with Crippen LogP contribution in [0.25, 0.3) is 11.3 Å². The molecule has 146 valence electrons. The lowest BCUT2D eigenvalue weighted by Gasteiger charge is -2.30. The number of thiazole rings is 1. The van der Waals surface area contributed by atoms with Crippen LogP contribution >= 0.6 is 38.6 Å². The third-order valence-corrected chi connectivity index (χ3v) is 7.68. The molecule has 28 heavy (non-hydrogen) atoms. The Bertz CT molecular complexity index is 976. The van der Waals surface area contributed by atoms with Crippen LogP contribution < -0.4 is 0 Å². The molecule has 0 saturated carbocycles. The molecule has 1 fully saturated rings. The average Bonchev–Trinajstić information content (AvgIpc) is 3.30. The Hall–Kier alpha value is -1.61. The third-order valence-electron chi connectivity index (χ3n) is 5.09. The van der Waals surface area contributed by atoms with E-state index in [2.05, 4.69) is 52.0 Å². The Balaban J connectivity index is 1.39. The van der Waals surface area contributed by atoms with E-state index in [9.17, 15) is 10.1 Å². The highest BCUT2D eigenvalue weighted by atomic mass is 79.9. The van der Waals surface area contributed by atoms with Gasteiger partial charge in [-0.1, -0.05) is 39.4 Å². The molecule has 0 radical (unpaired) electrons. The number of benzene rings is 1. The van der Waals surface area contributed by atoms with Crippen molar-refractivity contribution in [2.45, 2.75) is 32.2 Å². The molecular weight excluding hydrogens is 458 g/mol. The summed E-state index contributed by atoms with van der Waals surface area (Å²) in [5.41, 5.74) is 3.30. The average molecular weight is 478 g/mol. The van der Waals surface area contributed by atoms with Gasteiger partial charge in [0.25, 0.3) is 0 Å². The standard InChI is InChI=1S/C20H20BrN3O2S2/c1-13-19(15-2-4-17(21)5-3-15)22-20(28-13)16-6-8-23(9-7-16)11-14-10-18(24(25)26)27-12-14/h2-5,10,12,16H,6-9,11H2,1H3. The van der Waals surface area contributed by atoms with Crippen molar-refractivity contribution >= 4 is 43.6 Å². The van der Waals surface area contributed by atoms with Gasteiger partial charge in [0.1, 0.15) is 0 Å². The van der Waals surface area contributed by atoms with Gasteiger partial charge in [-0.3, -0.25) is 15.0 Å². The molecule has 1 saturated heterocycles. The fourth-order valence-electron chi connectivity index (χ4n) is 3.60. The first-order valence-electron chi connectivity index (χ1n) is 9.17. The van der Waals surface area contributed by atoms with Crippen LogP contribution in [0.2, 0.25) is 0 Å². The Morgan fingerprint density at radius 3 is 2.64 bits per heavy atom.